The van der Waals surface area contributed by atoms with Gasteiger partial charge in [0, 0.05) is 21.6 Å². The van der Waals surface area contributed by atoms with Crippen molar-refractivity contribution in [2.24, 2.45) is 0 Å². The zero-order chi connectivity index (χ0) is 40.8. The molecule has 1 aromatic heterocycles. The summed E-state index contributed by atoms with van der Waals surface area (Å²) in [5.74, 6) is 0. The molecule has 0 fully saturated rings. The van der Waals surface area contributed by atoms with Crippen LogP contribution in [0.5, 0.6) is 0 Å². The lowest BCUT2D eigenvalue weighted by Gasteiger charge is -2.25. The minimum Gasteiger partial charge on any atom is -0.456 e. The van der Waals surface area contributed by atoms with Gasteiger partial charge in [-0.2, -0.15) is 0 Å². The van der Waals surface area contributed by atoms with Crippen molar-refractivity contribution in [3.05, 3.63) is 204 Å². The predicted octanol–water partition coefficient (Wildman–Crippen LogP) is 16.7. The number of rotatable bonds is 3. The molecular weight excluding hydrogens is 737 g/mol. The monoisotopic (exact) mass is 778 g/mol. The molecule has 0 amide bonds. The Bertz CT molecular complexity index is 3630. The van der Waals surface area contributed by atoms with Crippen LogP contribution in [0.1, 0.15) is 49.9 Å². The fourth-order valence-electron chi connectivity index (χ4n) is 11.6. The zero-order valence-corrected chi connectivity index (χ0v) is 34.7. The second kappa shape index (κ2) is 12.2. The van der Waals surface area contributed by atoms with Crippen LogP contribution in [0.4, 0.5) is 0 Å². The van der Waals surface area contributed by atoms with Gasteiger partial charge in [-0.3, -0.25) is 0 Å². The van der Waals surface area contributed by atoms with E-state index in [0.29, 0.717) is 0 Å². The highest BCUT2D eigenvalue weighted by molar-refractivity contribution is 6.22. The van der Waals surface area contributed by atoms with Gasteiger partial charge in [0.1, 0.15) is 11.2 Å². The predicted molar refractivity (Wildman–Crippen MR) is 258 cm³/mol. The number of furan rings is 1. The van der Waals surface area contributed by atoms with Crippen LogP contribution in [-0.4, -0.2) is 0 Å². The van der Waals surface area contributed by atoms with Crippen LogP contribution in [0.2, 0.25) is 0 Å². The maximum absolute atomic E-state index is 6.55. The van der Waals surface area contributed by atoms with Gasteiger partial charge in [-0.1, -0.05) is 173 Å². The fraction of sp³-hybridized carbons (Fsp3) is 0.100. The maximum atomic E-state index is 6.55. The first-order valence-electron chi connectivity index (χ1n) is 21.6. The average molecular weight is 779 g/mol. The summed E-state index contributed by atoms with van der Waals surface area (Å²) in [5.41, 5.74) is 19.9. The summed E-state index contributed by atoms with van der Waals surface area (Å²) in [4.78, 5) is 0. The topological polar surface area (TPSA) is 13.1 Å². The van der Waals surface area contributed by atoms with Crippen molar-refractivity contribution in [1.29, 1.82) is 0 Å². The van der Waals surface area contributed by atoms with Crippen LogP contribution < -0.4 is 0 Å². The Balaban J connectivity index is 1.01. The van der Waals surface area contributed by atoms with E-state index in [-0.39, 0.29) is 10.8 Å². The number of hydrogen-bond donors (Lipinski definition) is 0. The Hall–Kier alpha value is -7.22. The van der Waals surface area contributed by atoms with Gasteiger partial charge >= 0.3 is 0 Å². The second-order valence-electron chi connectivity index (χ2n) is 18.4. The first-order valence-corrected chi connectivity index (χ1v) is 21.6. The van der Waals surface area contributed by atoms with Gasteiger partial charge in [-0.25, -0.2) is 0 Å². The van der Waals surface area contributed by atoms with Crippen molar-refractivity contribution in [3.8, 4) is 55.6 Å². The number of hydrogen-bond acceptors (Lipinski definition) is 1. The third-order valence-corrected chi connectivity index (χ3v) is 14.4. The fourth-order valence-corrected chi connectivity index (χ4v) is 11.6. The van der Waals surface area contributed by atoms with E-state index in [4.69, 9.17) is 4.42 Å². The molecular formula is C60H42O. The van der Waals surface area contributed by atoms with Gasteiger partial charge in [-0.15, -0.1) is 0 Å². The Morgan fingerprint density at radius 3 is 1.52 bits per heavy atom. The molecule has 0 saturated heterocycles. The third kappa shape index (κ3) is 4.67. The first-order chi connectivity index (χ1) is 29.8. The summed E-state index contributed by atoms with van der Waals surface area (Å²) in [6.45, 7) is 9.60. The molecule has 61 heavy (non-hydrogen) atoms. The van der Waals surface area contributed by atoms with Crippen molar-refractivity contribution >= 4 is 54.3 Å². The molecule has 1 nitrogen and oxygen atoms in total. The standard InChI is InChI=1S/C60H42O/c1-59(2)52-30-36(46-32-49-38-18-12-14-24-51(38)60(3,4)58(49)50-34-55-48(33-47(46)50)41-19-13-15-25-54(41)61-55)26-28-39(52)40-29-27-37(31-53(40)59)57-44-22-10-8-20-42(44)56(35-16-6-5-7-17-35)43-21-9-11-23-45(43)57/h5-34H,1-4H3. The second-order valence-corrected chi connectivity index (χ2v) is 18.4. The highest BCUT2D eigenvalue weighted by Gasteiger charge is 2.39. The van der Waals surface area contributed by atoms with Crippen LogP contribution in [0.3, 0.4) is 0 Å². The summed E-state index contributed by atoms with van der Waals surface area (Å²) in [5, 5.41) is 9.98. The summed E-state index contributed by atoms with van der Waals surface area (Å²) in [6, 6.07) is 68.0. The van der Waals surface area contributed by atoms with Crippen LogP contribution in [-0.2, 0) is 10.8 Å². The lowest BCUT2D eigenvalue weighted by Crippen LogP contribution is -2.15. The van der Waals surface area contributed by atoms with Crippen LogP contribution in [0.15, 0.2) is 186 Å². The van der Waals surface area contributed by atoms with Gasteiger partial charge in [-0.05, 0) is 147 Å². The van der Waals surface area contributed by atoms with Gasteiger partial charge < -0.3 is 4.42 Å². The third-order valence-electron chi connectivity index (χ3n) is 14.4. The minimum absolute atomic E-state index is 0.153. The molecule has 2 aliphatic carbocycles. The van der Waals surface area contributed by atoms with E-state index in [0.717, 1.165) is 21.9 Å². The normalized spacial score (nSPS) is 14.5. The molecule has 10 aromatic carbocycles. The molecule has 0 aliphatic heterocycles. The zero-order valence-electron chi connectivity index (χ0n) is 34.7. The largest absolute Gasteiger partial charge is 0.456 e. The molecule has 1 heteroatoms. The molecule has 13 rings (SSSR count). The highest BCUT2D eigenvalue weighted by atomic mass is 16.3. The quantitative estimate of drug-likeness (QED) is 0.163. The van der Waals surface area contributed by atoms with Gasteiger partial charge in [0.25, 0.3) is 0 Å². The Kier molecular flexibility index (Phi) is 6.91. The summed E-state index contributed by atoms with van der Waals surface area (Å²) >= 11 is 0. The SMILES string of the molecule is CC1(C)c2cc(-c3cc4c(c5cc6oc7ccccc7c6cc35)C(C)(C)c3ccccc3-4)ccc2-c2ccc(-c3c4ccccc4c(-c4ccccc4)c4ccccc34)cc21. The number of para-hydroxylation sites is 1. The number of fused-ring (bicyclic) bond motifs is 13. The Morgan fingerprint density at radius 1 is 0.295 bits per heavy atom. The van der Waals surface area contributed by atoms with Crippen molar-refractivity contribution in [3.63, 3.8) is 0 Å². The van der Waals surface area contributed by atoms with E-state index >= 15 is 0 Å². The van der Waals surface area contributed by atoms with E-state index in [1.165, 1.54) is 110 Å². The molecule has 0 bridgehead atoms. The minimum atomic E-state index is -0.221. The lowest BCUT2D eigenvalue weighted by molar-refractivity contribution is 0.661. The van der Waals surface area contributed by atoms with Gasteiger partial charge in [0.2, 0.25) is 0 Å². The van der Waals surface area contributed by atoms with E-state index in [1.807, 2.05) is 0 Å². The first kappa shape index (κ1) is 34.6. The van der Waals surface area contributed by atoms with Crippen molar-refractivity contribution in [1.82, 2.24) is 0 Å². The molecule has 0 spiro atoms. The number of benzene rings is 10. The molecule has 0 unspecified atom stereocenters. The van der Waals surface area contributed by atoms with Gasteiger partial charge in [0.15, 0.2) is 0 Å². The van der Waals surface area contributed by atoms with Crippen LogP contribution >= 0.6 is 0 Å². The summed E-state index contributed by atoms with van der Waals surface area (Å²) in [6.07, 6.45) is 0. The Labute approximate surface area is 355 Å². The molecule has 0 radical (unpaired) electrons. The highest BCUT2D eigenvalue weighted by Crippen LogP contribution is 2.56. The molecule has 288 valence electrons. The van der Waals surface area contributed by atoms with Crippen LogP contribution in [0.25, 0.3) is 110 Å². The Morgan fingerprint density at radius 2 is 0.836 bits per heavy atom. The average Bonchev–Trinajstić information content (AvgIpc) is 3.85. The molecule has 1 heterocycles. The molecule has 0 saturated carbocycles. The molecule has 0 N–H and O–H groups in total. The smallest absolute Gasteiger partial charge is 0.136 e. The molecule has 2 aliphatic rings. The molecule has 11 aromatic rings. The molecule has 0 atom stereocenters. The van der Waals surface area contributed by atoms with E-state index in [9.17, 15) is 0 Å². The van der Waals surface area contributed by atoms with Crippen molar-refractivity contribution in [2.45, 2.75) is 38.5 Å². The van der Waals surface area contributed by atoms with Crippen LogP contribution in [0, 0.1) is 0 Å². The summed E-state index contributed by atoms with van der Waals surface area (Å²) in [7, 11) is 0. The van der Waals surface area contributed by atoms with Crippen molar-refractivity contribution in [2.75, 3.05) is 0 Å². The lowest BCUT2D eigenvalue weighted by atomic mass is 9.78. The summed E-state index contributed by atoms with van der Waals surface area (Å²) < 4.78 is 6.55. The van der Waals surface area contributed by atoms with E-state index in [2.05, 4.69) is 210 Å². The maximum Gasteiger partial charge on any atom is 0.136 e. The van der Waals surface area contributed by atoms with Gasteiger partial charge in [0.05, 0.1) is 0 Å². The van der Waals surface area contributed by atoms with E-state index < -0.39 is 0 Å². The van der Waals surface area contributed by atoms with Crippen molar-refractivity contribution < 1.29 is 4.42 Å². The van der Waals surface area contributed by atoms with E-state index in [1.54, 1.807) is 0 Å².